The van der Waals surface area contributed by atoms with Gasteiger partial charge < -0.3 is 14.8 Å². The molecule has 5 heteroatoms. The molecule has 1 fully saturated rings. The van der Waals surface area contributed by atoms with Crippen LogP contribution in [0.3, 0.4) is 0 Å². The molecule has 0 radical (unpaired) electrons. The van der Waals surface area contributed by atoms with Gasteiger partial charge in [0.2, 0.25) is 0 Å². The Hall–Kier alpha value is -1.88. The zero-order valence-corrected chi connectivity index (χ0v) is 14.9. The Bertz CT molecular complexity index is 677. The fraction of sp³-hybridized carbons (Fsp3) is 0.444. The minimum Gasteiger partial charge on any atom is -0.352 e. The topological polar surface area (TPSA) is 33.1 Å². The van der Waals surface area contributed by atoms with Crippen molar-refractivity contribution in [3.8, 4) is 0 Å². The van der Waals surface area contributed by atoms with Gasteiger partial charge in [-0.2, -0.15) is 0 Å². The van der Waals surface area contributed by atoms with E-state index in [1.54, 1.807) is 0 Å². The molecule has 0 aliphatic carbocycles. The van der Waals surface area contributed by atoms with Crippen LogP contribution in [0, 0.1) is 0 Å². The van der Waals surface area contributed by atoms with E-state index < -0.39 is 0 Å². The third-order valence-electron chi connectivity index (χ3n) is 4.36. The number of pyridine rings is 1. The van der Waals surface area contributed by atoms with Gasteiger partial charge in [-0.15, -0.1) is 0 Å². The van der Waals surface area contributed by atoms with Gasteiger partial charge in [0.1, 0.15) is 0 Å². The third-order valence-corrected chi connectivity index (χ3v) is 4.69. The maximum atomic E-state index is 5.63. The Morgan fingerprint density at radius 1 is 1.09 bits per heavy atom. The lowest BCUT2D eigenvalue weighted by Crippen LogP contribution is -2.36. The summed E-state index contributed by atoms with van der Waals surface area (Å²) in [6.07, 6.45) is 3.99. The molecule has 2 aromatic heterocycles. The Morgan fingerprint density at radius 3 is 2.48 bits per heavy atom. The van der Waals surface area contributed by atoms with Crippen molar-refractivity contribution in [3.05, 3.63) is 54.1 Å². The van der Waals surface area contributed by atoms with Crippen molar-refractivity contribution in [1.82, 2.24) is 19.8 Å². The van der Waals surface area contributed by atoms with E-state index in [-0.39, 0.29) is 12.1 Å². The van der Waals surface area contributed by atoms with Crippen molar-refractivity contribution < 1.29 is 0 Å². The summed E-state index contributed by atoms with van der Waals surface area (Å²) >= 11 is 5.63. The van der Waals surface area contributed by atoms with E-state index in [0.29, 0.717) is 12.1 Å². The molecule has 1 N–H and O–H groups in total. The summed E-state index contributed by atoms with van der Waals surface area (Å²) in [6, 6.07) is 11.3. The van der Waals surface area contributed by atoms with Crippen molar-refractivity contribution in [2.45, 2.75) is 51.9 Å². The molecule has 2 aromatic rings. The summed E-state index contributed by atoms with van der Waals surface area (Å²) < 4.78 is 2.33. The zero-order chi connectivity index (χ0) is 16.6. The molecule has 0 bridgehead atoms. The van der Waals surface area contributed by atoms with Crippen LogP contribution in [0.1, 0.15) is 57.2 Å². The molecule has 2 atom stereocenters. The molecule has 0 unspecified atom stereocenters. The van der Waals surface area contributed by atoms with Gasteiger partial charge in [0.25, 0.3) is 0 Å². The van der Waals surface area contributed by atoms with Gasteiger partial charge in [-0.05, 0) is 64.2 Å². The normalized spacial score (nSPS) is 21.3. The lowest BCUT2D eigenvalue weighted by atomic mass is 10.00. The summed E-state index contributed by atoms with van der Waals surface area (Å²) in [4.78, 5) is 6.86. The van der Waals surface area contributed by atoms with Crippen molar-refractivity contribution in [1.29, 1.82) is 0 Å². The molecule has 1 aliphatic heterocycles. The maximum Gasteiger partial charge on any atom is 0.170 e. The standard InChI is InChI=1S/C18H24N4S/c1-12(2)21-11-7-9-15(21)17-16(14-8-5-6-10-19-14)20-18(23)22(17)13(3)4/h5-13,16-17H,1-4H3,(H,20,23)/t16-,17+/m1/s1. The third kappa shape index (κ3) is 2.85. The van der Waals surface area contributed by atoms with Crippen molar-refractivity contribution in [3.63, 3.8) is 0 Å². The molecule has 0 saturated carbocycles. The molecular formula is C18H24N4S. The molecule has 0 amide bonds. The van der Waals surface area contributed by atoms with Crippen LogP contribution in [0.2, 0.25) is 0 Å². The summed E-state index contributed by atoms with van der Waals surface area (Å²) in [7, 11) is 0. The predicted octanol–water partition coefficient (Wildman–Crippen LogP) is 3.84. The van der Waals surface area contributed by atoms with Gasteiger partial charge in [-0.25, -0.2) is 0 Å². The Kier molecular flexibility index (Phi) is 4.39. The van der Waals surface area contributed by atoms with Crippen LogP contribution in [0.4, 0.5) is 0 Å². The number of hydrogen-bond donors (Lipinski definition) is 1. The molecule has 1 aliphatic rings. The first kappa shape index (κ1) is 16.0. The Morgan fingerprint density at radius 2 is 1.87 bits per heavy atom. The van der Waals surface area contributed by atoms with E-state index in [0.717, 1.165) is 10.8 Å². The van der Waals surface area contributed by atoms with Crippen LogP contribution >= 0.6 is 12.2 Å². The second kappa shape index (κ2) is 6.32. The highest BCUT2D eigenvalue weighted by molar-refractivity contribution is 7.80. The summed E-state index contributed by atoms with van der Waals surface area (Å²) in [5.41, 5.74) is 2.30. The first-order valence-electron chi connectivity index (χ1n) is 8.17. The van der Waals surface area contributed by atoms with Gasteiger partial charge in [0.05, 0.1) is 17.8 Å². The van der Waals surface area contributed by atoms with E-state index in [4.69, 9.17) is 12.2 Å². The van der Waals surface area contributed by atoms with E-state index in [9.17, 15) is 0 Å². The number of thiocarbonyl (C=S) groups is 1. The minimum absolute atomic E-state index is 0.0681. The quantitative estimate of drug-likeness (QED) is 0.865. The molecule has 23 heavy (non-hydrogen) atoms. The van der Waals surface area contributed by atoms with E-state index >= 15 is 0 Å². The summed E-state index contributed by atoms with van der Waals surface area (Å²) in [6.45, 7) is 8.79. The molecular weight excluding hydrogens is 304 g/mol. The van der Waals surface area contributed by atoms with E-state index in [1.165, 1.54) is 5.69 Å². The van der Waals surface area contributed by atoms with Crippen LogP contribution in [-0.4, -0.2) is 25.6 Å². The largest absolute Gasteiger partial charge is 0.352 e. The van der Waals surface area contributed by atoms with Crippen LogP contribution in [0.25, 0.3) is 0 Å². The molecule has 0 spiro atoms. The SMILES string of the molecule is CC(C)N1C(=S)N[C@H](c2ccccn2)[C@@H]1c1cccn1C(C)C. The maximum absolute atomic E-state index is 5.63. The van der Waals surface area contributed by atoms with Gasteiger partial charge in [0.15, 0.2) is 5.11 Å². The van der Waals surface area contributed by atoms with Gasteiger partial charge in [0, 0.05) is 30.2 Å². The number of hydrogen-bond acceptors (Lipinski definition) is 2. The number of nitrogens with one attached hydrogen (secondary N) is 1. The van der Waals surface area contributed by atoms with Crippen molar-refractivity contribution >= 4 is 17.3 Å². The monoisotopic (exact) mass is 328 g/mol. The second-order valence-corrected chi connectivity index (χ2v) is 6.95. The zero-order valence-electron chi connectivity index (χ0n) is 14.1. The number of aromatic nitrogens is 2. The highest BCUT2D eigenvalue weighted by Crippen LogP contribution is 2.40. The first-order valence-corrected chi connectivity index (χ1v) is 8.58. The predicted molar refractivity (Wildman–Crippen MR) is 97.2 cm³/mol. The average molecular weight is 328 g/mol. The fourth-order valence-corrected chi connectivity index (χ4v) is 3.82. The molecule has 1 saturated heterocycles. The smallest absolute Gasteiger partial charge is 0.170 e. The highest BCUT2D eigenvalue weighted by atomic mass is 32.1. The lowest BCUT2D eigenvalue weighted by molar-refractivity contribution is 0.256. The number of nitrogens with zero attached hydrogens (tertiary/aromatic N) is 3. The molecule has 122 valence electrons. The van der Waals surface area contributed by atoms with Crippen LogP contribution in [0.5, 0.6) is 0 Å². The number of rotatable bonds is 4. The lowest BCUT2D eigenvalue weighted by Gasteiger charge is -2.32. The van der Waals surface area contributed by atoms with Gasteiger partial charge >= 0.3 is 0 Å². The van der Waals surface area contributed by atoms with E-state index in [2.05, 4.69) is 71.9 Å². The van der Waals surface area contributed by atoms with Gasteiger partial charge in [-0.3, -0.25) is 4.98 Å². The first-order chi connectivity index (χ1) is 11.0. The summed E-state index contributed by atoms with van der Waals surface area (Å²) in [5, 5.41) is 4.29. The molecule has 3 heterocycles. The molecule has 0 aromatic carbocycles. The Balaban J connectivity index is 2.09. The van der Waals surface area contributed by atoms with Gasteiger partial charge in [-0.1, -0.05) is 6.07 Å². The second-order valence-electron chi connectivity index (χ2n) is 6.56. The molecule has 3 rings (SSSR count). The summed E-state index contributed by atoms with van der Waals surface area (Å²) in [5.74, 6) is 0. The Labute approximate surface area is 143 Å². The van der Waals surface area contributed by atoms with Crippen molar-refractivity contribution in [2.24, 2.45) is 0 Å². The minimum atomic E-state index is 0.0681. The van der Waals surface area contributed by atoms with Crippen LogP contribution in [-0.2, 0) is 0 Å². The van der Waals surface area contributed by atoms with Crippen LogP contribution < -0.4 is 5.32 Å². The molecule has 4 nitrogen and oxygen atoms in total. The van der Waals surface area contributed by atoms with E-state index in [1.807, 2.05) is 18.3 Å². The van der Waals surface area contributed by atoms with Crippen LogP contribution in [0.15, 0.2) is 42.7 Å². The fourth-order valence-electron chi connectivity index (χ4n) is 3.37. The van der Waals surface area contributed by atoms with Crippen molar-refractivity contribution in [2.75, 3.05) is 0 Å². The average Bonchev–Trinajstić information content (AvgIpc) is 3.11. The highest BCUT2D eigenvalue weighted by Gasteiger charge is 2.42.